The van der Waals surface area contributed by atoms with Crippen LogP contribution in [-0.4, -0.2) is 23.1 Å². The number of rotatable bonds is 3. The van der Waals surface area contributed by atoms with Crippen molar-refractivity contribution in [1.82, 2.24) is 0 Å². The van der Waals surface area contributed by atoms with Crippen LogP contribution in [0.25, 0.3) is 0 Å². The van der Waals surface area contributed by atoms with Crippen LogP contribution in [0, 0.1) is 0 Å². The number of nitrogens with zero attached hydrogens (tertiary/aromatic N) is 2. The number of benzene rings is 2. The molecule has 0 aliphatic carbocycles. The second-order valence-corrected chi connectivity index (χ2v) is 5.38. The SMILES string of the molecule is O=C1CC(N(O)c2ccccc2)C(=O)N1c1cccc(Cl)c1. The molecule has 0 aromatic heterocycles. The minimum Gasteiger partial charge on any atom is -0.288 e. The Morgan fingerprint density at radius 1 is 1.09 bits per heavy atom. The number of imide groups is 1. The Labute approximate surface area is 132 Å². The zero-order valence-corrected chi connectivity index (χ0v) is 12.3. The molecule has 1 N–H and O–H groups in total. The molecule has 2 aromatic rings. The first kappa shape index (κ1) is 14.6. The van der Waals surface area contributed by atoms with Crippen LogP contribution < -0.4 is 9.96 Å². The number of carbonyl (C=O) groups is 2. The predicted octanol–water partition coefficient (Wildman–Crippen LogP) is 2.87. The summed E-state index contributed by atoms with van der Waals surface area (Å²) < 4.78 is 0. The molecular formula is C16H13ClN2O3. The molecule has 5 nitrogen and oxygen atoms in total. The van der Waals surface area contributed by atoms with Crippen molar-refractivity contribution in [3.05, 3.63) is 59.6 Å². The Morgan fingerprint density at radius 3 is 2.50 bits per heavy atom. The minimum absolute atomic E-state index is 0.0866. The third-order valence-corrected chi connectivity index (χ3v) is 3.74. The number of hydroxylamine groups is 1. The third-order valence-electron chi connectivity index (χ3n) is 3.51. The summed E-state index contributed by atoms with van der Waals surface area (Å²) in [6, 6.07) is 14.2. The van der Waals surface area contributed by atoms with Gasteiger partial charge in [0.15, 0.2) is 0 Å². The smallest absolute Gasteiger partial charge is 0.259 e. The molecule has 6 heteroatoms. The van der Waals surface area contributed by atoms with E-state index in [4.69, 9.17) is 11.6 Å². The van der Waals surface area contributed by atoms with Crippen LogP contribution in [0.3, 0.4) is 0 Å². The third kappa shape index (κ3) is 2.56. The normalized spacial score (nSPS) is 17.9. The van der Waals surface area contributed by atoms with Gasteiger partial charge < -0.3 is 0 Å². The van der Waals surface area contributed by atoms with E-state index in [1.54, 1.807) is 54.6 Å². The van der Waals surface area contributed by atoms with E-state index in [2.05, 4.69) is 0 Å². The first-order valence-electron chi connectivity index (χ1n) is 6.73. The number of hydrogen-bond donors (Lipinski definition) is 1. The van der Waals surface area contributed by atoms with Gasteiger partial charge in [-0.2, -0.15) is 0 Å². The summed E-state index contributed by atoms with van der Waals surface area (Å²) in [5.41, 5.74) is 0.869. The van der Waals surface area contributed by atoms with E-state index in [0.717, 1.165) is 9.96 Å². The van der Waals surface area contributed by atoms with Crippen LogP contribution in [0.15, 0.2) is 54.6 Å². The van der Waals surface area contributed by atoms with E-state index in [-0.39, 0.29) is 12.3 Å². The van der Waals surface area contributed by atoms with Gasteiger partial charge in [-0.25, -0.2) is 9.96 Å². The van der Waals surface area contributed by atoms with Gasteiger partial charge >= 0.3 is 0 Å². The maximum atomic E-state index is 12.5. The zero-order valence-electron chi connectivity index (χ0n) is 11.5. The Hall–Kier alpha value is -2.37. The lowest BCUT2D eigenvalue weighted by molar-refractivity contribution is -0.121. The molecule has 2 amide bonds. The van der Waals surface area contributed by atoms with E-state index in [1.165, 1.54) is 0 Å². The quantitative estimate of drug-likeness (QED) is 0.698. The van der Waals surface area contributed by atoms with Crippen LogP contribution in [-0.2, 0) is 9.59 Å². The lowest BCUT2D eigenvalue weighted by atomic mass is 10.2. The highest BCUT2D eigenvalue weighted by Gasteiger charge is 2.43. The Bertz CT molecular complexity index is 720. The van der Waals surface area contributed by atoms with Crippen molar-refractivity contribution in [2.75, 3.05) is 9.96 Å². The van der Waals surface area contributed by atoms with Gasteiger partial charge in [0, 0.05) is 5.02 Å². The summed E-state index contributed by atoms with van der Waals surface area (Å²) >= 11 is 5.90. The highest BCUT2D eigenvalue weighted by molar-refractivity contribution is 6.31. The average Bonchev–Trinajstić information content (AvgIpc) is 2.82. The molecule has 3 rings (SSSR count). The molecule has 22 heavy (non-hydrogen) atoms. The number of halogens is 1. The lowest BCUT2D eigenvalue weighted by Crippen LogP contribution is -2.40. The Morgan fingerprint density at radius 2 is 1.82 bits per heavy atom. The lowest BCUT2D eigenvalue weighted by Gasteiger charge is -2.22. The average molecular weight is 317 g/mol. The molecule has 1 heterocycles. The highest BCUT2D eigenvalue weighted by Crippen LogP contribution is 2.28. The van der Waals surface area contributed by atoms with E-state index in [0.29, 0.717) is 16.4 Å². The van der Waals surface area contributed by atoms with E-state index >= 15 is 0 Å². The summed E-state index contributed by atoms with van der Waals surface area (Å²) in [5.74, 6) is -0.842. The zero-order chi connectivity index (χ0) is 15.7. The minimum atomic E-state index is -0.936. The number of hydrogen-bond acceptors (Lipinski definition) is 4. The summed E-state index contributed by atoms with van der Waals surface area (Å²) in [4.78, 5) is 25.7. The second kappa shape index (κ2) is 5.79. The van der Waals surface area contributed by atoms with Gasteiger partial charge in [0.2, 0.25) is 5.91 Å². The maximum absolute atomic E-state index is 12.5. The van der Waals surface area contributed by atoms with Crippen LogP contribution in [0.5, 0.6) is 0 Å². The Kier molecular flexibility index (Phi) is 3.83. The molecule has 0 bridgehead atoms. The molecule has 1 aliphatic heterocycles. The largest absolute Gasteiger partial charge is 0.288 e. The number of para-hydroxylation sites is 1. The highest BCUT2D eigenvalue weighted by atomic mass is 35.5. The van der Waals surface area contributed by atoms with Crippen LogP contribution in [0.4, 0.5) is 11.4 Å². The molecule has 112 valence electrons. The standard InChI is InChI=1S/C16H13ClN2O3/c17-11-5-4-8-13(9-11)18-15(20)10-14(16(18)21)19(22)12-6-2-1-3-7-12/h1-9,14,22H,10H2. The second-order valence-electron chi connectivity index (χ2n) is 4.95. The molecule has 1 atom stereocenters. The first-order chi connectivity index (χ1) is 10.6. The summed E-state index contributed by atoms with van der Waals surface area (Å²) in [6.07, 6.45) is -0.0866. The van der Waals surface area contributed by atoms with E-state index in [1.807, 2.05) is 0 Å². The van der Waals surface area contributed by atoms with Crippen molar-refractivity contribution in [2.45, 2.75) is 12.5 Å². The summed E-state index contributed by atoms with van der Waals surface area (Å²) in [7, 11) is 0. The van der Waals surface area contributed by atoms with Crippen molar-refractivity contribution >= 4 is 34.8 Å². The molecule has 2 aromatic carbocycles. The number of amides is 2. The van der Waals surface area contributed by atoms with E-state index in [9.17, 15) is 14.8 Å². The first-order valence-corrected chi connectivity index (χ1v) is 7.11. The number of anilines is 2. The molecule has 0 radical (unpaired) electrons. The van der Waals surface area contributed by atoms with Crippen molar-refractivity contribution < 1.29 is 14.8 Å². The van der Waals surface area contributed by atoms with Gasteiger partial charge in [0.25, 0.3) is 5.91 Å². The fourth-order valence-corrected chi connectivity index (χ4v) is 2.64. The summed E-state index contributed by atoms with van der Waals surface area (Å²) in [5, 5.41) is 11.5. The molecule has 0 saturated carbocycles. The van der Waals surface area contributed by atoms with Crippen molar-refractivity contribution in [2.24, 2.45) is 0 Å². The molecule has 1 unspecified atom stereocenters. The van der Waals surface area contributed by atoms with Crippen molar-refractivity contribution in [1.29, 1.82) is 0 Å². The van der Waals surface area contributed by atoms with Gasteiger partial charge in [-0.15, -0.1) is 0 Å². The number of carbonyl (C=O) groups excluding carboxylic acids is 2. The fourth-order valence-electron chi connectivity index (χ4n) is 2.45. The molecule has 1 saturated heterocycles. The molecule has 1 fully saturated rings. The van der Waals surface area contributed by atoms with Crippen LogP contribution >= 0.6 is 11.6 Å². The maximum Gasteiger partial charge on any atom is 0.259 e. The van der Waals surface area contributed by atoms with Gasteiger partial charge in [-0.05, 0) is 30.3 Å². The molecular weight excluding hydrogens is 304 g/mol. The molecule has 0 spiro atoms. The topological polar surface area (TPSA) is 60.9 Å². The predicted molar refractivity (Wildman–Crippen MR) is 83.1 cm³/mol. The van der Waals surface area contributed by atoms with E-state index < -0.39 is 11.9 Å². The van der Waals surface area contributed by atoms with Crippen LogP contribution in [0.2, 0.25) is 5.02 Å². The van der Waals surface area contributed by atoms with Gasteiger partial charge in [0.05, 0.1) is 17.8 Å². The van der Waals surface area contributed by atoms with Gasteiger partial charge in [-0.3, -0.25) is 14.8 Å². The fraction of sp³-hybridized carbons (Fsp3) is 0.125. The Balaban J connectivity index is 1.89. The summed E-state index contributed by atoms with van der Waals surface area (Å²) in [6.45, 7) is 0. The van der Waals surface area contributed by atoms with Crippen molar-refractivity contribution in [3.8, 4) is 0 Å². The van der Waals surface area contributed by atoms with Gasteiger partial charge in [-0.1, -0.05) is 35.9 Å². The van der Waals surface area contributed by atoms with Gasteiger partial charge in [0.1, 0.15) is 6.04 Å². The monoisotopic (exact) mass is 316 g/mol. The van der Waals surface area contributed by atoms with Crippen LogP contribution in [0.1, 0.15) is 6.42 Å². The molecule has 1 aliphatic rings. The van der Waals surface area contributed by atoms with Crippen molar-refractivity contribution in [3.63, 3.8) is 0 Å².